The Morgan fingerprint density at radius 1 is 1.11 bits per heavy atom. The van der Waals surface area contributed by atoms with Gasteiger partial charge in [0.1, 0.15) is 0 Å². The molecular formula is C14H23N3O. The van der Waals surface area contributed by atoms with E-state index in [-0.39, 0.29) is 17.1 Å². The number of nitrogens with two attached hydrogens (primary N) is 1. The lowest BCUT2D eigenvalue weighted by atomic mass is 9.50. The van der Waals surface area contributed by atoms with Gasteiger partial charge in [0.2, 0.25) is 0 Å². The molecule has 5 aliphatic rings. The molecule has 4 nitrogen and oxygen atoms in total. The van der Waals surface area contributed by atoms with Crippen LogP contribution in [0.2, 0.25) is 0 Å². The minimum atomic E-state index is 0.0109. The number of carbonyl (C=O) groups is 1. The molecule has 2 amide bonds. The fourth-order valence-electron chi connectivity index (χ4n) is 5.17. The SMILES string of the molecule is NC12CC3CC(C1)CC(NC(=O)NC1CC1)(C3)C2. The Hall–Kier alpha value is -0.770. The molecule has 100 valence electrons. The van der Waals surface area contributed by atoms with E-state index in [1.807, 2.05) is 0 Å². The highest BCUT2D eigenvalue weighted by molar-refractivity contribution is 5.75. The van der Waals surface area contributed by atoms with E-state index < -0.39 is 0 Å². The number of hydrogen-bond acceptors (Lipinski definition) is 2. The molecule has 0 saturated heterocycles. The van der Waals surface area contributed by atoms with E-state index in [2.05, 4.69) is 10.6 Å². The maximum Gasteiger partial charge on any atom is 0.315 e. The van der Waals surface area contributed by atoms with Gasteiger partial charge in [0.15, 0.2) is 0 Å². The molecule has 4 N–H and O–H groups in total. The van der Waals surface area contributed by atoms with E-state index in [0.717, 1.165) is 43.9 Å². The molecule has 5 fully saturated rings. The predicted octanol–water partition coefficient (Wildman–Crippen LogP) is 1.50. The van der Waals surface area contributed by atoms with Crippen LogP contribution in [-0.2, 0) is 0 Å². The first-order chi connectivity index (χ1) is 8.54. The van der Waals surface area contributed by atoms with Crippen LogP contribution in [0.1, 0.15) is 51.4 Å². The van der Waals surface area contributed by atoms with Crippen molar-refractivity contribution in [1.29, 1.82) is 0 Å². The van der Waals surface area contributed by atoms with Crippen molar-refractivity contribution in [2.75, 3.05) is 0 Å². The number of urea groups is 1. The summed E-state index contributed by atoms with van der Waals surface area (Å²) < 4.78 is 0. The van der Waals surface area contributed by atoms with Crippen LogP contribution in [-0.4, -0.2) is 23.2 Å². The smallest absolute Gasteiger partial charge is 0.315 e. The summed E-state index contributed by atoms with van der Waals surface area (Å²) in [6, 6.07) is 0.480. The number of amides is 2. The minimum Gasteiger partial charge on any atom is -0.335 e. The molecule has 0 heterocycles. The zero-order chi connectivity index (χ0) is 12.4. The highest BCUT2D eigenvalue weighted by Crippen LogP contribution is 2.56. The zero-order valence-corrected chi connectivity index (χ0v) is 10.9. The number of carbonyl (C=O) groups excluding carboxylic acids is 1. The predicted molar refractivity (Wildman–Crippen MR) is 69.0 cm³/mol. The molecular weight excluding hydrogens is 226 g/mol. The van der Waals surface area contributed by atoms with Gasteiger partial charge in [0.25, 0.3) is 0 Å². The van der Waals surface area contributed by atoms with Gasteiger partial charge in [-0.25, -0.2) is 4.79 Å². The summed E-state index contributed by atoms with van der Waals surface area (Å²) in [6.07, 6.45) is 9.28. The molecule has 0 aliphatic heterocycles. The van der Waals surface area contributed by atoms with E-state index >= 15 is 0 Å². The molecule has 4 heteroatoms. The third-order valence-electron chi connectivity index (χ3n) is 5.40. The lowest BCUT2D eigenvalue weighted by molar-refractivity contribution is -0.0297. The van der Waals surface area contributed by atoms with Crippen molar-refractivity contribution in [2.24, 2.45) is 17.6 Å². The Morgan fingerprint density at radius 2 is 1.78 bits per heavy atom. The maximum absolute atomic E-state index is 12.0. The summed E-state index contributed by atoms with van der Waals surface area (Å²) in [5.74, 6) is 1.50. The van der Waals surface area contributed by atoms with E-state index in [0.29, 0.717) is 6.04 Å². The van der Waals surface area contributed by atoms with Gasteiger partial charge in [-0.15, -0.1) is 0 Å². The molecule has 0 radical (unpaired) electrons. The number of rotatable bonds is 2. The largest absolute Gasteiger partial charge is 0.335 e. The standard InChI is InChI=1S/C14H23N3O/c15-13-4-9-3-10(5-13)7-14(6-9,8-13)17-12(18)16-11-1-2-11/h9-11H,1-8,15H2,(H2,16,17,18). The third kappa shape index (κ3) is 1.81. The van der Waals surface area contributed by atoms with Gasteiger partial charge in [-0.3, -0.25) is 0 Å². The van der Waals surface area contributed by atoms with Gasteiger partial charge in [-0.1, -0.05) is 0 Å². The maximum atomic E-state index is 12.0. The summed E-state index contributed by atoms with van der Waals surface area (Å²) in [5, 5.41) is 6.34. The van der Waals surface area contributed by atoms with Crippen molar-refractivity contribution >= 4 is 6.03 Å². The van der Waals surface area contributed by atoms with E-state index in [9.17, 15) is 4.79 Å². The Morgan fingerprint density at radius 3 is 2.33 bits per heavy atom. The van der Waals surface area contributed by atoms with Gasteiger partial charge >= 0.3 is 6.03 Å². The Bertz CT molecular complexity index is 377. The lowest BCUT2D eigenvalue weighted by Gasteiger charge is -2.61. The van der Waals surface area contributed by atoms with Crippen LogP contribution in [0.3, 0.4) is 0 Å². The molecule has 2 atom stereocenters. The van der Waals surface area contributed by atoms with E-state index in [1.54, 1.807) is 0 Å². The minimum absolute atomic E-state index is 0.0109. The average molecular weight is 249 g/mol. The second kappa shape index (κ2) is 3.41. The van der Waals surface area contributed by atoms with Crippen LogP contribution in [0.5, 0.6) is 0 Å². The first-order valence-corrected chi connectivity index (χ1v) is 7.42. The third-order valence-corrected chi connectivity index (χ3v) is 5.40. The quantitative estimate of drug-likeness (QED) is 0.694. The summed E-state index contributed by atoms with van der Waals surface area (Å²) in [7, 11) is 0. The monoisotopic (exact) mass is 249 g/mol. The normalized spacial score (nSPS) is 49.2. The van der Waals surface area contributed by atoms with E-state index in [4.69, 9.17) is 5.73 Å². The Kier molecular flexibility index (Phi) is 2.10. The van der Waals surface area contributed by atoms with Crippen molar-refractivity contribution in [3.8, 4) is 0 Å². The van der Waals surface area contributed by atoms with Crippen molar-refractivity contribution in [1.82, 2.24) is 10.6 Å². The molecule has 18 heavy (non-hydrogen) atoms. The fourth-order valence-corrected chi connectivity index (χ4v) is 5.17. The summed E-state index contributed by atoms with van der Waals surface area (Å²) in [5.41, 5.74) is 6.55. The first kappa shape index (κ1) is 11.1. The molecule has 5 aliphatic carbocycles. The summed E-state index contributed by atoms with van der Waals surface area (Å²) >= 11 is 0. The Balaban J connectivity index is 1.50. The van der Waals surface area contributed by atoms with Crippen molar-refractivity contribution in [3.05, 3.63) is 0 Å². The highest BCUT2D eigenvalue weighted by Gasteiger charge is 2.56. The van der Waals surface area contributed by atoms with Gasteiger partial charge in [-0.2, -0.15) is 0 Å². The molecule has 5 saturated carbocycles. The molecule has 5 rings (SSSR count). The van der Waals surface area contributed by atoms with Gasteiger partial charge in [0, 0.05) is 17.1 Å². The second-order valence-electron chi connectivity index (χ2n) is 7.48. The van der Waals surface area contributed by atoms with Gasteiger partial charge < -0.3 is 16.4 Å². The van der Waals surface area contributed by atoms with Crippen LogP contribution < -0.4 is 16.4 Å². The average Bonchev–Trinajstić information content (AvgIpc) is 2.95. The molecule has 0 spiro atoms. The summed E-state index contributed by atoms with van der Waals surface area (Å²) in [4.78, 5) is 12.0. The highest BCUT2D eigenvalue weighted by atomic mass is 16.2. The van der Waals surface area contributed by atoms with E-state index in [1.165, 1.54) is 19.3 Å². The molecule has 0 aromatic rings. The van der Waals surface area contributed by atoms with Crippen LogP contribution >= 0.6 is 0 Å². The number of nitrogens with one attached hydrogen (secondary N) is 2. The van der Waals surface area contributed by atoms with Crippen molar-refractivity contribution in [3.63, 3.8) is 0 Å². The van der Waals surface area contributed by atoms with Crippen molar-refractivity contribution < 1.29 is 4.79 Å². The van der Waals surface area contributed by atoms with Crippen molar-refractivity contribution in [2.45, 2.75) is 68.5 Å². The zero-order valence-electron chi connectivity index (χ0n) is 10.9. The van der Waals surface area contributed by atoms with Crippen LogP contribution in [0, 0.1) is 11.8 Å². The van der Waals surface area contributed by atoms with Crippen LogP contribution in [0.15, 0.2) is 0 Å². The topological polar surface area (TPSA) is 67.1 Å². The fraction of sp³-hybridized carbons (Fsp3) is 0.929. The molecule has 0 aromatic carbocycles. The molecule has 2 unspecified atom stereocenters. The first-order valence-electron chi connectivity index (χ1n) is 7.42. The number of hydrogen-bond donors (Lipinski definition) is 3. The van der Waals surface area contributed by atoms with Crippen LogP contribution in [0.4, 0.5) is 4.79 Å². The summed E-state index contributed by atoms with van der Waals surface area (Å²) in [6.45, 7) is 0. The second-order valence-corrected chi connectivity index (χ2v) is 7.48. The molecule has 0 aromatic heterocycles. The van der Waals surface area contributed by atoms with Crippen LogP contribution in [0.25, 0.3) is 0 Å². The lowest BCUT2D eigenvalue weighted by Crippen LogP contribution is -2.69. The Labute approximate surface area is 108 Å². The molecule has 4 bridgehead atoms. The van der Waals surface area contributed by atoms with Gasteiger partial charge in [-0.05, 0) is 63.2 Å². The van der Waals surface area contributed by atoms with Gasteiger partial charge in [0.05, 0.1) is 0 Å².